The fourth-order valence-corrected chi connectivity index (χ4v) is 2.81. The van der Waals surface area contributed by atoms with Crippen molar-refractivity contribution in [3.63, 3.8) is 0 Å². The van der Waals surface area contributed by atoms with E-state index >= 15 is 0 Å². The number of hydrogen-bond donors (Lipinski definition) is 1. The molecule has 1 aliphatic rings. The van der Waals surface area contributed by atoms with Gasteiger partial charge in [0.2, 0.25) is 0 Å². The van der Waals surface area contributed by atoms with Crippen molar-refractivity contribution in [2.75, 3.05) is 14.2 Å². The van der Waals surface area contributed by atoms with E-state index in [2.05, 4.69) is 0 Å². The van der Waals surface area contributed by atoms with Crippen molar-refractivity contribution in [1.82, 2.24) is 0 Å². The van der Waals surface area contributed by atoms with E-state index in [1.54, 1.807) is 7.11 Å². The summed E-state index contributed by atoms with van der Waals surface area (Å²) < 4.78 is 16.3. The maximum Gasteiger partial charge on any atom is 0.193 e. The molecule has 0 spiro atoms. The van der Waals surface area contributed by atoms with Crippen molar-refractivity contribution in [2.24, 2.45) is 0 Å². The zero-order chi connectivity index (χ0) is 14.5. The van der Waals surface area contributed by atoms with Crippen molar-refractivity contribution < 1.29 is 18.9 Å². The quantitative estimate of drug-likeness (QED) is 0.669. The molecule has 0 aromatic heterocycles. The third-order valence-electron chi connectivity index (χ3n) is 3.34. The van der Waals surface area contributed by atoms with Gasteiger partial charge >= 0.3 is 0 Å². The number of rotatable bonds is 5. The van der Waals surface area contributed by atoms with Gasteiger partial charge in [-0.3, -0.25) is 0 Å². The summed E-state index contributed by atoms with van der Waals surface area (Å²) in [6, 6.07) is 9.97. The molecule has 2 rings (SSSR count). The molecule has 4 nitrogen and oxygen atoms in total. The third-order valence-corrected chi connectivity index (χ3v) is 4.24. The van der Waals surface area contributed by atoms with E-state index in [-0.39, 0.29) is 18.3 Å². The van der Waals surface area contributed by atoms with E-state index in [4.69, 9.17) is 21.8 Å². The lowest BCUT2D eigenvalue weighted by molar-refractivity contribution is 0.0194. The van der Waals surface area contributed by atoms with Crippen LogP contribution in [0.4, 0.5) is 0 Å². The van der Waals surface area contributed by atoms with Gasteiger partial charge in [0.25, 0.3) is 0 Å². The molecular formula is C14H18BO4P. The van der Waals surface area contributed by atoms with E-state index in [1.807, 2.05) is 30.3 Å². The van der Waals surface area contributed by atoms with Crippen LogP contribution < -0.4 is 0 Å². The Morgan fingerprint density at radius 3 is 2.70 bits per heavy atom. The molecule has 0 aliphatic carbocycles. The number of benzene rings is 1. The van der Waals surface area contributed by atoms with Gasteiger partial charge in [0.15, 0.2) is 8.38 Å². The van der Waals surface area contributed by atoms with Crippen LogP contribution in [0.2, 0.25) is 0 Å². The SMILES string of the molecule is [B]/C(=C\P(O)OC)C1OC(c2ccccc2)C[C@@H]1OC. The van der Waals surface area contributed by atoms with Crippen LogP contribution in [0.15, 0.2) is 41.6 Å². The molecule has 20 heavy (non-hydrogen) atoms. The second kappa shape index (κ2) is 7.35. The fraction of sp³-hybridized carbons (Fsp3) is 0.429. The van der Waals surface area contributed by atoms with Crippen LogP contribution in [0.5, 0.6) is 0 Å². The number of ether oxygens (including phenoxy) is 2. The van der Waals surface area contributed by atoms with E-state index < -0.39 is 8.38 Å². The molecule has 2 radical (unpaired) electrons. The predicted molar refractivity (Wildman–Crippen MR) is 79.5 cm³/mol. The smallest absolute Gasteiger partial charge is 0.193 e. The molecule has 106 valence electrons. The maximum absolute atomic E-state index is 9.52. The highest BCUT2D eigenvalue weighted by Crippen LogP contribution is 2.40. The van der Waals surface area contributed by atoms with Crippen LogP contribution in [0, 0.1) is 0 Å². The topological polar surface area (TPSA) is 47.9 Å². The second-order valence-electron chi connectivity index (χ2n) is 4.58. The first-order chi connectivity index (χ1) is 9.65. The van der Waals surface area contributed by atoms with Gasteiger partial charge in [-0.05, 0) is 11.4 Å². The molecule has 4 atom stereocenters. The third kappa shape index (κ3) is 3.69. The minimum absolute atomic E-state index is 0.0504. The Hall–Kier alpha value is -0.705. The minimum Gasteiger partial charge on any atom is -0.378 e. The molecule has 0 amide bonds. The fourth-order valence-electron chi connectivity index (χ4n) is 2.30. The van der Waals surface area contributed by atoms with Crippen LogP contribution in [0.1, 0.15) is 18.1 Å². The minimum atomic E-state index is -1.65. The van der Waals surface area contributed by atoms with Gasteiger partial charge in [-0.2, -0.15) is 0 Å². The predicted octanol–water partition coefficient (Wildman–Crippen LogP) is 2.49. The zero-order valence-corrected chi connectivity index (χ0v) is 12.5. The normalized spacial score (nSPS) is 28.6. The Morgan fingerprint density at radius 1 is 1.40 bits per heavy atom. The summed E-state index contributed by atoms with van der Waals surface area (Å²) in [6.45, 7) is 0. The highest BCUT2D eigenvalue weighted by molar-refractivity contribution is 7.49. The summed E-state index contributed by atoms with van der Waals surface area (Å²) in [6.07, 6.45) is 0.190. The number of methoxy groups -OCH3 is 1. The van der Waals surface area contributed by atoms with Gasteiger partial charge < -0.3 is 18.9 Å². The highest BCUT2D eigenvalue weighted by atomic mass is 31.2. The van der Waals surface area contributed by atoms with Gasteiger partial charge in [0, 0.05) is 20.6 Å². The molecule has 1 aliphatic heterocycles. The lowest BCUT2D eigenvalue weighted by atomic mass is 9.89. The molecule has 1 aromatic carbocycles. The lowest BCUT2D eigenvalue weighted by Gasteiger charge is -2.19. The average molecular weight is 292 g/mol. The number of hydrogen-bond acceptors (Lipinski definition) is 4. The summed E-state index contributed by atoms with van der Waals surface area (Å²) in [5, 5.41) is 0. The first kappa shape index (κ1) is 15.7. The van der Waals surface area contributed by atoms with Gasteiger partial charge in [0.05, 0.1) is 18.3 Å². The molecule has 1 saturated heterocycles. The molecular weight excluding hydrogens is 274 g/mol. The Kier molecular flexibility index (Phi) is 5.76. The van der Waals surface area contributed by atoms with E-state index in [0.717, 1.165) is 12.0 Å². The van der Waals surface area contributed by atoms with Crippen molar-refractivity contribution in [3.8, 4) is 0 Å². The van der Waals surface area contributed by atoms with Crippen molar-refractivity contribution in [3.05, 3.63) is 47.2 Å². The first-order valence-corrected chi connectivity index (χ1v) is 7.66. The molecule has 1 heterocycles. The highest BCUT2D eigenvalue weighted by Gasteiger charge is 2.36. The summed E-state index contributed by atoms with van der Waals surface area (Å²) in [5.41, 5.74) is 1.55. The molecule has 0 saturated carbocycles. The lowest BCUT2D eigenvalue weighted by Crippen LogP contribution is -2.25. The van der Waals surface area contributed by atoms with Crippen LogP contribution in [0.3, 0.4) is 0 Å². The van der Waals surface area contributed by atoms with Crippen molar-refractivity contribution >= 4 is 16.2 Å². The summed E-state index contributed by atoms with van der Waals surface area (Å²) in [5.74, 6) is 1.50. The van der Waals surface area contributed by atoms with Crippen LogP contribution in [0.25, 0.3) is 0 Å². The second-order valence-corrected chi connectivity index (χ2v) is 5.81. The Labute approximate surface area is 122 Å². The summed E-state index contributed by atoms with van der Waals surface area (Å²) >= 11 is 0. The Bertz CT molecular complexity index is 454. The summed E-state index contributed by atoms with van der Waals surface area (Å²) in [4.78, 5) is 9.52. The Morgan fingerprint density at radius 2 is 2.10 bits per heavy atom. The molecule has 0 bridgehead atoms. The van der Waals surface area contributed by atoms with Crippen LogP contribution >= 0.6 is 8.38 Å². The van der Waals surface area contributed by atoms with E-state index in [9.17, 15) is 4.89 Å². The molecule has 1 N–H and O–H groups in total. The van der Waals surface area contributed by atoms with E-state index in [1.165, 1.54) is 12.9 Å². The largest absolute Gasteiger partial charge is 0.378 e. The maximum atomic E-state index is 9.52. The Balaban J connectivity index is 2.12. The van der Waals surface area contributed by atoms with Crippen molar-refractivity contribution in [2.45, 2.75) is 24.7 Å². The average Bonchev–Trinajstić information content (AvgIpc) is 2.92. The van der Waals surface area contributed by atoms with Crippen molar-refractivity contribution in [1.29, 1.82) is 0 Å². The van der Waals surface area contributed by atoms with Gasteiger partial charge in [-0.1, -0.05) is 35.8 Å². The van der Waals surface area contributed by atoms with Gasteiger partial charge in [-0.15, -0.1) is 0 Å². The van der Waals surface area contributed by atoms with E-state index in [0.29, 0.717) is 5.47 Å². The molecule has 3 unspecified atom stereocenters. The van der Waals surface area contributed by atoms with Gasteiger partial charge in [-0.25, -0.2) is 0 Å². The zero-order valence-electron chi connectivity index (χ0n) is 11.6. The molecule has 1 aromatic rings. The van der Waals surface area contributed by atoms with Crippen LogP contribution in [-0.4, -0.2) is 39.2 Å². The summed E-state index contributed by atoms with van der Waals surface area (Å²) in [7, 11) is 7.42. The first-order valence-electron chi connectivity index (χ1n) is 6.38. The molecule has 6 heteroatoms. The standard InChI is InChI=1S/C14H18BO4P/c1-17-13-8-12(10-6-4-3-5-7-10)19-14(13)11(15)9-20(16)18-2/h3-7,9,12-14,16H,8H2,1-2H3/b11-9-/t12?,13-,14?,20?/m0/s1. The molecule has 1 fully saturated rings. The van der Waals surface area contributed by atoms with Crippen LogP contribution in [-0.2, 0) is 14.0 Å². The monoisotopic (exact) mass is 292 g/mol. The van der Waals surface area contributed by atoms with Gasteiger partial charge in [0.1, 0.15) is 7.85 Å².